The summed E-state index contributed by atoms with van der Waals surface area (Å²) in [6.45, 7) is 10.5. The van der Waals surface area contributed by atoms with Crippen molar-refractivity contribution in [3.05, 3.63) is 12.7 Å². The zero-order valence-electron chi connectivity index (χ0n) is 9.60. The molecule has 13 heavy (non-hydrogen) atoms. The highest BCUT2D eigenvalue weighted by atomic mass is 16.5. The summed E-state index contributed by atoms with van der Waals surface area (Å²) in [6, 6.07) is 0. The largest absolute Gasteiger partial charge is 0.378 e. The maximum atomic E-state index is 5.69. The summed E-state index contributed by atoms with van der Waals surface area (Å²) in [5, 5.41) is 0. The van der Waals surface area contributed by atoms with Crippen LogP contribution in [0.15, 0.2) is 12.7 Å². The van der Waals surface area contributed by atoms with Gasteiger partial charge >= 0.3 is 0 Å². The van der Waals surface area contributed by atoms with E-state index in [1.54, 1.807) is 0 Å². The van der Waals surface area contributed by atoms with Gasteiger partial charge < -0.3 is 4.74 Å². The Morgan fingerprint density at radius 1 is 1.38 bits per heavy atom. The van der Waals surface area contributed by atoms with Crippen molar-refractivity contribution in [2.75, 3.05) is 7.11 Å². The summed E-state index contributed by atoms with van der Waals surface area (Å²) < 4.78 is 5.69. The lowest BCUT2D eigenvalue weighted by molar-refractivity contribution is -0.0605. The standard InChI is InChI=1S/C12H24O/c1-6-8-10-12(13-5,9-7-2)11(3)4/h6,11H,1,7-10H2,2-5H3/t12-/m0/s1. The van der Waals surface area contributed by atoms with Crippen molar-refractivity contribution in [2.45, 2.75) is 52.1 Å². The molecule has 0 aliphatic rings. The molecule has 0 aromatic rings. The van der Waals surface area contributed by atoms with E-state index in [0.29, 0.717) is 5.92 Å². The van der Waals surface area contributed by atoms with Gasteiger partial charge in [-0.15, -0.1) is 6.58 Å². The summed E-state index contributed by atoms with van der Waals surface area (Å²) in [5.74, 6) is 0.581. The number of ether oxygens (including phenoxy) is 1. The zero-order chi connectivity index (χ0) is 10.3. The van der Waals surface area contributed by atoms with Crippen molar-refractivity contribution in [1.29, 1.82) is 0 Å². The second-order valence-corrected chi connectivity index (χ2v) is 4.00. The summed E-state index contributed by atoms with van der Waals surface area (Å²) in [6.07, 6.45) is 6.45. The quantitative estimate of drug-likeness (QED) is 0.547. The van der Waals surface area contributed by atoms with Crippen LogP contribution < -0.4 is 0 Å². The van der Waals surface area contributed by atoms with Gasteiger partial charge in [0.15, 0.2) is 0 Å². The molecule has 0 amide bonds. The molecule has 1 heteroatoms. The Morgan fingerprint density at radius 3 is 2.31 bits per heavy atom. The van der Waals surface area contributed by atoms with E-state index in [-0.39, 0.29) is 5.60 Å². The molecule has 78 valence electrons. The van der Waals surface area contributed by atoms with Gasteiger partial charge in [-0.25, -0.2) is 0 Å². The molecule has 0 radical (unpaired) electrons. The lowest BCUT2D eigenvalue weighted by Crippen LogP contribution is -2.37. The molecule has 0 rings (SSSR count). The van der Waals surface area contributed by atoms with Crippen LogP contribution in [0.4, 0.5) is 0 Å². The first kappa shape index (κ1) is 12.7. The Bertz CT molecular complexity index is 140. The van der Waals surface area contributed by atoms with Gasteiger partial charge in [-0.05, 0) is 25.2 Å². The van der Waals surface area contributed by atoms with Crippen LogP contribution in [0.3, 0.4) is 0 Å². The zero-order valence-corrected chi connectivity index (χ0v) is 9.60. The molecule has 0 saturated carbocycles. The van der Waals surface area contributed by atoms with Crippen molar-refractivity contribution in [2.24, 2.45) is 5.92 Å². The van der Waals surface area contributed by atoms with Gasteiger partial charge in [0, 0.05) is 7.11 Å². The summed E-state index contributed by atoms with van der Waals surface area (Å²) in [5.41, 5.74) is 0.0724. The highest BCUT2D eigenvalue weighted by Gasteiger charge is 2.31. The van der Waals surface area contributed by atoms with Crippen LogP contribution in [0.5, 0.6) is 0 Å². The Hall–Kier alpha value is -0.300. The fraction of sp³-hybridized carbons (Fsp3) is 0.833. The molecule has 0 aromatic carbocycles. The van der Waals surface area contributed by atoms with Gasteiger partial charge in [0.25, 0.3) is 0 Å². The number of allylic oxidation sites excluding steroid dienone is 1. The number of hydrogen-bond acceptors (Lipinski definition) is 1. The first-order valence-corrected chi connectivity index (χ1v) is 5.29. The summed E-state index contributed by atoms with van der Waals surface area (Å²) in [4.78, 5) is 0. The molecule has 1 nitrogen and oxygen atoms in total. The molecular weight excluding hydrogens is 160 g/mol. The van der Waals surface area contributed by atoms with Crippen LogP contribution in [0.2, 0.25) is 0 Å². The third-order valence-electron chi connectivity index (χ3n) is 2.90. The minimum absolute atomic E-state index is 0.0724. The highest BCUT2D eigenvalue weighted by Crippen LogP contribution is 2.31. The Labute approximate surface area is 83.2 Å². The van der Waals surface area contributed by atoms with E-state index >= 15 is 0 Å². The third-order valence-corrected chi connectivity index (χ3v) is 2.90. The molecule has 0 unspecified atom stereocenters. The number of hydrogen-bond donors (Lipinski definition) is 0. The SMILES string of the molecule is C=CCC[C@](CCC)(OC)C(C)C. The van der Waals surface area contributed by atoms with Crippen molar-refractivity contribution in [3.8, 4) is 0 Å². The molecule has 0 heterocycles. The van der Waals surface area contributed by atoms with E-state index in [9.17, 15) is 0 Å². The average Bonchev–Trinajstić information content (AvgIpc) is 2.12. The number of rotatable bonds is 7. The molecule has 0 spiro atoms. The lowest BCUT2D eigenvalue weighted by Gasteiger charge is -2.36. The van der Waals surface area contributed by atoms with Crippen molar-refractivity contribution >= 4 is 0 Å². The monoisotopic (exact) mass is 184 g/mol. The van der Waals surface area contributed by atoms with Gasteiger partial charge in [0.2, 0.25) is 0 Å². The van der Waals surface area contributed by atoms with Crippen LogP contribution in [0.1, 0.15) is 46.5 Å². The molecule has 0 aromatic heterocycles. The van der Waals surface area contributed by atoms with Gasteiger partial charge in [-0.2, -0.15) is 0 Å². The second kappa shape index (κ2) is 6.20. The molecule has 0 bridgehead atoms. The van der Waals surface area contributed by atoms with Crippen molar-refractivity contribution < 1.29 is 4.74 Å². The predicted octanol–water partition coefficient (Wildman–Crippen LogP) is 3.79. The molecule has 0 aliphatic heterocycles. The van der Waals surface area contributed by atoms with Crippen LogP contribution in [-0.2, 0) is 4.74 Å². The second-order valence-electron chi connectivity index (χ2n) is 4.00. The number of methoxy groups -OCH3 is 1. The normalized spacial score (nSPS) is 15.8. The van der Waals surface area contributed by atoms with Crippen LogP contribution in [-0.4, -0.2) is 12.7 Å². The Balaban J connectivity index is 4.34. The first-order valence-electron chi connectivity index (χ1n) is 5.29. The highest BCUT2D eigenvalue weighted by molar-refractivity contribution is 4.86. The Morgan fingerprint density at radius 2 is 2.00 bits per heavy atom. The van der Waals surface area contributed by atoms with E-state index in [4.69, 9.17) is 4.74 Å². The molecule has 1 atom stereocenters. The van der Waals surface area contributed by atoms with E-state index < -0.39 is 0 Å². The predicted molar refractivity (Wildman–Crippen MR) is 58.9 cm³/mol. The third kappa shape index (κ3) is 3.51. The topological polar surface area (TPSA) is 9.23 Å². The fourth-order valence-electron chi connectivity index (χ4n) is 1.91. The van der Waals surface area contributed by atoms with Gasteiger partial charge in [0.05, 0.1) is 5.60 Å². The molecule has 0 saturated heterocycles. The van der Waals surface area contributed by atoms with E-state index in [0.717, 1.165) is 19.3 Å². The van der Waals surface area contributed by atoms with Crippen LogP contribution in [0, 0.1) is 5.92 Å². The van der Waals surface area contributed by atoms with E-state index in [2.05, 4.69) is 27.4 Å². The maximum Gasteiger partial charge on any atom is 0.0704 e. The summed E-state index contributed by atoms with van der Waals surface area (Å²) >= 11 is 0. The minimum atomic E-state index is 0.0724. The first-order chi connectivity index (χ1) is 6.13. The maximum absolute atomic E-state index is 5.69. The molecular formula is C12H24O. The average molecular weight is 184 g/mol. The van der Waals surface area contributed by atoms with E-state index in [1.807, 2.05) is 13.2 Å². The van der Waals surface area contributed by atoms with Gasteiger partial charge in [0.1, 0.15) is 0 Å². The molecule has 0 fully saturated rings. The van der Waals surface area contributed by atoms with Gasteiger partial charge in [-0.3, -0.25) is 0 Å². The van der Waals surface area contributed by atoms with Crippen LogP contribution >= 0.6 is 0 Å². The van der Waals surface area contributed by atoms with Crippen molar-refractivity contribution in [3.63, 3.8) is 0 Å². The van der Waals surface area contributed by atoms with Crippen molar-refractivity contribution in [1.82, 2.24) is 0 Å². The van der Waals surface area contributed by atoms with Gasteiger partial charge in [-0.1, -0.05) is 33.3 Å². The molecule has 0 aliphatic carbocycles. The Kier molecular flexibility index (Phi) is 6.06. The fourth-order valence-corrected chi connectivity index (χ4v) is 1.91. The lowest BCUT2D eigenvalue weighted by atomic mass is 9.82. The molecule has 0 N–H and O–H groups in total. The van der Waals surface area contributed by atoms with Crippen LogP contribution in [0.25, 0.3) is 0 Å². The summed E-state index contributed by atoms with van der Waals surface area (Å²) in [7, 11) is 1.83. The van der Waals surface area contributed by atoms with E-state index in [1.165, 1.54) is 6.42 Å². The minimum Gasteiger partial charge on any atom is -0.378 e. The smallest absolute Gasteiger partial charge is 0.0704 e.